The monoisotopic (exact) mass is 241 g/mol. The van der Waals surface area contributed by atoms with E-state index in [0.29, 0.717) is 5.92 Å². The van der Waals surface area contributed by atoms with Crippen LogP contribution in [-0.2, 0) is 6.42 Å². The molecule has 0 radical (unpaired) electrons. The highest BCUT2D eigenvalue weighted by Gasteiger charge is 2.25. The summed E-state index contributed by atoms with van der Waals surface area (Å²) in [5.74, 6) is 0.426. The number of hydrogen-bond donors (Lipinski definition) is 1. The Balaban J connectivity index is 2.00. The van der Waals surface area contributed by atoms with Gasteiger partial charge in [-0.2, -0.15) is 0 Å². The van der Waals surface area contributed by atoms with E-state index in [-0.39, 0.29) is 6.10 Å². The number of pyridine rings is 1. The zero-order valence-electron chi connectivity index (χ0n) is 10.8. The second kappa shape index (κ2) is 4.69. The maximum atomic E-state index is 9.98. The number of benzene rings is 1. The van der Waals surface area contributed by atoms with Crippen LogP contribution in [0.2, 0.25) is 0 Å². The SMILES string of the molecule is Cc1cc(CC2CCCC2O)c2ccccc2n1. The van der Waals surface area contributed by atoms with Crippen LogP contribution in [0.5, 0.6) is 0 Å². The van der Waals surface area contributed by atoms with Crippen molar-refractivity contribution < 1.29 is 5.11 Å². The van der Waals surface area contributed by atoms with Crippen molar-refractivity contribution in [2.75, 3.05) is 0 Å². The molecular formula is C16H19NO. The van der Waals surface area contributed by atoms with E-state index in [1.54, 1.807) is 0 Å². The predicted octanol–water partition coefficient (Wildman–Crippen LogP) is 3.25. The first kappa shape index (κ1) is 11.7. The maximum Gasteiger partial charge on any atom is 0.0707 e. The summed E-state index contributed by atoms with van der Waals surface area (Å²) in [6.07, 6.45) is 4.14. The number of rotatable bonds is 2. The smallest absolute Gasteiger partial charge is 0.0707 e. The van der Waals surface area contributed by atoms with E-state index in [1.807, 2.05) is 13.0 Å². The largest absolute Gasteiger partial charge is 0.393 e. The molecular weight excluding hydrogens is 222 g/mol. The summed E-state index contributed by atoms with van der Waals surface area (Å²) >= 11 is 0. The second-order valence-electron chi connectivity index (χ2n) is 5.40. The molecule has 1 fully saturated rings. The van der Waals surface area contributed by atoms with Crippen molar-refractivity contribution in [1.29, 1.82) is 0 Å². The molecule has 1 aliphatic rings. The van der Waals surface area contributed by atoms with E-state index in [9.17, 15) is 5.11 Å². The Morgan fingerprint density at radius 1 is 1.28 bits per heavy atom. The first-order valence-corrected chi connectivity index (χ1v) is 6.77. The van der Waals surface area contributed by atoms with Crippen LogP contribution in [0.3, 0.4) is 0 Å². The van der Waals surface area contributed by atoms with Crippen molar-refractivity contribution in [3.63, 3.8) is 0 Å². The van der Waals surface area contributed by atoms with Gasteiger partial charge in [0.15, 0.2) is 0 Å². The molecule has 0 spiro atoms. The molecule has 2 heteroatoms. The van der Waals surface area contributed by atoms with Gasteiger partial charge < -0.3 is 5.11 Å². The van der Waals surface area contributed by atoms with Gasteiger partial charge in [0, 0.05) is 11.1 Å². The van der Waals surface area contributed by atoms with E-state index in [4.69, 9.17) is 0 Å². The third-order valence-corrected chi connectivity index (χ3v) is 4.03. The number of hydrogen-bond acceptors (Lipinski definition) is 2. The van der Waals surface area contributed by atoms with Crippen molar-refractivity contribution in [1.82, 2.24) is 4.98 Å². The first-order valence-electron chi connectivity index (χ1n) is 6.77. The molecule has 1 aromatic heterocycles. The fourth-order valence-corrected chi connectivity index (χ4v) is 3.10. The fraction of sp³-hybridized carbons (Fsp3) is 0.438. The van der Waals surface area contributed by atoms with Crippen molar-refractivity contribution >= 4 is 10.9 Å². The third-order valence-electron chi connectivity index (χ3n) is 4.03. The van der Waals surface area contributed by atoms with Gasteiger partial charge in [0.2, 0.25) is 0 Å². The highest BCUT2D eigenvalue weighted by molar-refractivity contribution is 5.82. The van der Waals surface area contributed by atoms with E-state index in [1.165, 1.54) is 10.9 Å². The number of aliphatic hydroxyl groups excluding tert-OH is 1. The highest BCUT2D eigenvalue weighted by Crippen LogP contribution is 2.30. The molecule has 2 nitrogen and oxygen atoms in total. The Labute approximate surface area is 108 Å². The zero-order chi connectivity index (χ0) is 12.5. The maximum absolute atomic E-state index is 9.98. The molecule has 18 heavy (non-hydrogen) atoms. The molecule has 2 unspecified atom stereocenters. The van der Waals surface area contributed by atoms with Crippen LogP contribution in [0.15, 0.2) is 30.3 Å². The molecule has 3 rings (SSSR count). The summed E-state index contributed by atoms with van der Waals surface area (Å²) < 4.78 is 0. The number of fused-ring (bicyclic) bond motifs is 1. The van der Waals surface area contributed by atoms with Gasteiger partial charge in [-0.05, 0) is 49.8 Å². The lowest BCUT2D eigenvalue weighted by atomic mass is 9.93. The number of aromatic nitrogens is 1. The van der Waals surface area contributed by atoms with Gasteiger partial charge in [0.05, 0.1) is 11.6 Å². The quantitative estimate of drug-likeness (QED) is 0.875. The van der Waals surface area contributed by atoms with Gasteiger partial charge in [-0.25, -0.2) is 0 Å². The second-order valence-corrected chi connectivity index (χ2v) is 5.40. The molecule has 1 N–H and O–H groups in total. The number of para-hydroxylation sites is 1. The molecule has 1 saturated carbocycles. The van der Waals surface area contributed by atoms with Crippen LogP contribution >= 0.6 is 0 Å². The summed E-state index contributed by atoms with van der Waals surface area (Å²) in [7, 11) is 0. The summed E-state index contributed by atoms with van der Waals surface area (Å²) in [6.45, 7) is 2.04. The van der Waals surface area contributed by atoms with Crippen LogP contribution < -0.4 is 0 Å². The van der Waals surface area contributed by atoms with Crippen LogP contribution in [0.1, 0.15) is 30.5 Å². The zero-order valence-corrected chi connectivity index (χ0v) is 10.8. The molecule has 1 heterocycles. The van der Waals surface area contributed by atoms with E-state index < -0.39 is 0 Å². The van der Waals surface area contributed by atoms with Crippen molar-refractivity contribution in [2.24, 2.45) is 5.92 Å². The topological polar surface area (TPSA) is 33.1 Å². The molecule has 2 aromatic rings. The normalized spacial score (nSPS) is 23.7. The number of aryl methyl sites for hydroxylation is 1. The molecule has 0 saturated heterocycles. The summed E-state index contributed by atoms with van der Waals surface area (Å²) in [5.41, 5.74) is 3.47. The fourth-order valence-electron chi connectivity index (χ4n) is 3.10. The third kappa shape index (κ3) is 2.13. The molecule has 1 aliphatic carbocycles. The summed E-state index contributed by atoms with van der Waals surface area (Å²) in [5, 5.41) is 11.2. The first-order chi connectivity index (χ1) is 8.74. The Morgan fingerprint density at radius 3 is 2.89 bits per heavy atom. The molecule has 0 bridgehead atoms. The van der Waals surface area contributed by atoms with Crippen molar-refractivity contribution in [3.05, 3.63) is 41.6 Å². The average molecular weight is 241 g/mol. The number of aliphatic hydroxyl groups is 1. The lowest BCUT2D eigenvalue weighted by Crippen LogP contribution is -2.15. The lowest BCUT2D eigenvalue weighted by molar-refractivity contribution is 0.133. The minimum absolute atomic E-state index is 0.114. The Morgan fingerprint density at radius 2 is 2.11 bits per heavy atom. The lowest BCUT2D eigenvalue weighted by Gasteiger charge is -2.16. The molecule has 1 aromatic carbocycles. The predicted molar refractivity (Wildman–Crippen MR) is 73.5 cm³/mol. The Kier molecular flexibility index (Phi) is 3.04. The number of nitrogens with zero attached hydrogens (tertiary/aromatic N) is 1. The van der Waals surface area contributed by atoms with Gasteiger partial charge >= 0.3 is 0 Å². The van der Waals surface area contributed by atoms with Crippen LogP contribution in [0.4, 0.5) is 0 Å². The van der Waals surface area contributed by atoms with E-state index in [0.717, 1.165) is 36.9 Å². The van der Waals surface area contributed by atoms with Gasteiger partial charge in [0.25, 0.3) is 0 Å². The van der Waals surface area contributed by atoms with Crippen molar-refractivity contribution in [2.45, 2.75) is 38.7 Å². The van der Waals surface area contributed by atoms with Crippen LogP contribution in [0.25, 0.3) is 10.9 Å². The van der Waals surface area contributed by atoms with Gasteiger partial charge in [0.1, 0.15) is 0 Å². The molecule has 0 aliphatic heterocycles. The molecule has 94 valence electrons. The van der Waals surface area contributed by atoms with Crippen LogP contribution in [0, 0.1) is 12.8 Å². The van der Waals surface area contributed by atoms with Gasteiger partial charge in [-0.15, -0.1) is 0 Å². The van der Waals surface area contributed by atoms with Crippen molar-refractivity contribution in [3.8, 4) is 0 Å². The minimum Gasteiger partial charge on any atom is -0.393 e. The Bertz CT molecular complexity index is 564. The average Bonchev–Trinajstić information content (AvgIpc) is 2.75. The van der Waals surface area contributed by atoms with Gasteiger partial charge in [-0.1, -0.05) is 24.6 Å². The molecule has 0 amide bonds. The molecule has 2 atom stereocenters. The summed E-state index contributed by atoms with van der Waals surface area (Å²) in [6, 6.07) is 10.5. The van der Waals surface area contributed by atoms with E-state index >= 15 is 0 Å². The summed E-state index contributed by atoms with van der Waals surface area (Å²) in [4.78, 5) is 4.57. The minimum atomic E-state index is -0.114. The van der Waals surface area contributed by atoms with E-state index in [2.05, 4.69) is 29.2 Å². The van der Waals surface area contributed by atoms with Crippen LogP contribution in [-0.4, -0.2) is 16.2 Å². The Hall–Kier alpha value is -1.41. The van der Waals surface area contributed by atoms with Gasteiger partial charge in [-0.3, -0.25) is 4.98 Å². The highest BCUT2D eigenvalue weighted by atomic mass is 16.3. The standard InChI is InChI=1S/C16H19NO/c1-11-9-13(10-12-5-4-8-16(12)18)14-6-2-3-7-15(14)17-11/h2-3,6-7,9,12,16,18H,4-5,8,10H2,1H3.